The molecule has 0 aromatic heterocycles. The summed E-state index contributed by atoms with van der Waals surface area (Å²) in [6.45, 7) is 0.219. The molecule has 0 saturated heterocycles. The molecule has 24 heavy (non-hydrogen) atoms. The number of hydrogen-bond acceptors (Lipinski definition) is 3. The summed E-state index contributed by atoms with van der Waals surface area (Å²) in [6, 6.07) is 16.0. The fourth-order valence-corrected chi connectivity index (χ4v) is 1.84. The second kappa shape index (κ2) is 8.93. The maximum absolute atomic E-state index is 11.6. The fraction of sp³-hybridized carbons (Fsp3) is 0.0526. The summed E-state index contributed by atoms with van der Waals surface area (Å²) in [6.07, 6.45) is 3.19. The number of amides is 2. The van der Waals surface area contributed by atoms with E-state index < -0.39 is 5.91 Å². The topological polar surface area (TPSA) is 78.4 Å². The number of rotatable bonds is 4. The molecule has 0 atom stereocenters. The maximum Gasteiger partial charge on any atom is 0.274 e. The van der Waals surface area contributed by atoms with Crippen molar-refractivity contribution in [2.24, 2.45) is 0 Å². The Kier molecular flexibility index (Phi) is 6.33. The van der Waals surface area contributed by atoms with Crippen LogP contribution in [0.2, 0.25) is 0 Å². The van der Waals surface area contributed by atoms with Crippen LogP contribution < -0.4 is 10.8 Å². The molecule has 0 fully saturated rings. The highest BCUT2D eigenvalue weighted by molar-refractivity contribution is 5.93. The van der Waals surface area contributed by atoms with Gasteiger partial charge in [-0.3, -0.25) is 14.8 Å². The zero-order chi connectivity index (χ0) is 17.2. The lowest BCUT2D eigenvalue weighted by molar-refractivity contribution is -0.116. The van der Waals surface area contributed by atoms with Crippen LogP contribution in [0.3, 0.4) is 0 Å². The van der Waals surface area contributed by atoms with Gasteiger partial charge >= 0.3 is 0 Å². The van der Waals surface area contributed by atoms with Crippen molar-refractivity contribution in [1.29, 1.82) is 0 Å². The van der Waals surface area contributed by atoms with Crippen molar-refractivity contribution in [3.8, 4) is 11.8 Å². The lowest BCUT2D eigenvalue weighted by Gasteiger charge is -1.98. The van der Waals surface area contributed by atoms with E-state index in [0.717, 1.165) is 5.56 Å². The summed E-state index contributed by atoms with van der Waals surface area (Å²) in [5.41, 5.74) is 3.55. The van der Waals surface area contributed by atoms with Gasteiger partial charge in [0.25, 0.3) is 5.91 Å². The van der Waals surface area contributed by atoms with Crippen molar-refractivity contribution in [3.05, 3.63) is 77.4 Å². The molecule has 2 aromatic rings. The average Bonchev–Trinajstić information content (AvgIpc) is 2.64. The largest absolute Gasteiger partial charge is 0.342 e. The summed E-state index contributed by atoms with van der Waals surface area (Å²) in [7, 11) is 0. The average molecular weight is 320 g/mol. The molecule has 2 aromatic carbocycles. The molecule has 0 radical (unpaired) electrons. The molecule has 0 heterocycles. The van der Waals surface area contributed by atoms with Crippen LogP contribution in [0.4, 0.5) is 0 Å². The van der Waals surface area contributed by atoms with Gasteiger partial charge in [-0.15, -0.1) is 0 Å². The van der Waals surface area contributed by atoms with E-state index in [0.29, 0.717) is 11.1 Å². The Labute approximate surface area is 140 Å². The lowest BCUT2D eigenvalue weighted by atomic mass is 10.1. The Bertz CT molecular complexity index is 785. The second-order valence-electron chi connectivity index (χ2n) is 4.78. The van der Waals surface area contributed by atoms with E-state index in [4.69, 9.17) is 5.21 Å². The van der Waals surface area contributed by atoms with Gasteiger partial charge in [-0.25, -0.2) is 5.48 Å². The molecule has 0 aliphatic carbocycles. The highest BCUT2D eigenvalue weighted by Crippen LogP contribution is 2.03. The van der Waals surface area contributed by atoms with Gasteiger partial charge in [-0.05, 0) is 35.9 Å². The standard InChI is InChI=1S/C19H16N2O3/c22-18(13-10-15-5-2-1-3-6-15)20-14-4-7-16-8-11-17(12-9-16)19(23)21-24/h1-3,5-6,8-13,24H,14H2,(H,20,22)(H,21,23). The fourth-order valence-electron chi connectivity index (χ4n) is 1.84. The highest BCUT2D eigenvalue weighted by atomic mass is 16.5. The Morgan fingerprint density at radius 3 is 2.42 bits per heavy atom. The van der Waals surface area contributed by atoms with Crippen LogP contribution in [0.5, 0.6) is 0 Å². The van der Waals surface area contributed by atoms with Crippen molar-refractivity contribution < 1.29 is 14.8 Å². The summed E-state index contributed by atoms with van der Waals surface area (Å²) < 4.78 is 0. The van der Waals surface area contributed by atoms with Crippen LogP contribution in [-0.4, -0.2) is 23.6 Å². The molecule has 0 saturated carbocycles. The van der Waals surface area contributed by atoms with Crippen LogP contribution in [0.25, 0.3) is 6.08 Å². The Morgan fingerprint density at radius 1 is 1.04 bits per heavy atom. The van der Waals surface area contributed by atoms with Crippen LogP contribution >= 0.6 is 0 Å². The number of carbonyl (C=O) groups excluding carboxylic acids is 2. The van der Waals surface area contributed by atoms with Gasteiger partial charge in [-0.1, -0.05) is 42.2 Å². The third kappa shape index (κ3) is 5.44. The lowest BCUT2D eigenvalue weighted by Crippen LogP contribution is -2.20. The van der Waals surface area contributed by atoms with Crippen molar-refractivity contribution in [2.45, 2.75) is 0 Å². The third-order valence-corrected chi connectivity index (χ3v) is 3.06. The molecular formula is C19H16N2O3. The number of hydroxylamine groups is 1. The molecule has 5 nitrogen and oxygen atoms in total. The summed E-state index contributed by atoms with van der Waals surface area (Å²) in [4.78, 5) is 22.8. The van der Waals surface area contributed by atoms with Crippen molar-refractivity contribution >= 4 is 17.9 Å². The normalized spacial score (nSPS) is 9.88. The first-order valence-corrected chi connectivity index (χ1v) is 7.23. The van der Waals surface area contributed by atoms with Gasteiger partial charge in [0.2, 0.25) is 5.91 Å². The van der Waals surface area contributed by atoms with Gasteiger partial charge in [0.15, 0.2) is 0 Å². The first kappa shape index (κ1) is 17.0. The molecule has 0 aliphatic rings. The zero-order valence-corrected chi connectivity index (χ0v) is 12.8. The molecular weight excluding hydrogens is 304 g/mol. The van der Waals surface area contributed by atoms with Crippen LogP contribution in [-0.2, 0) is 4.79 Å². The predicted molar refractivity (Wildman–Crippen MR) is 91.1 cm³/mol. The van der Waals surface area contributed by atoms with Crippen LogP contribution in [0.1, 0.15) is 21.5 Å². The minimum atomic E-state index is -0.577. The SMILES string of the molecule is O=C(C=Cc1ccccc1)NCC#Cc1ccc(C(=O)NO)cc1. The van der Waals surface area contributed by atoms with E-state index in [2.05, 4.69) is 17.2 Å². The summed E-state index contributed by atoms with van der Waals surface area (Å²) >= 11 is 0. The highest BCUT2D eigenvalue weighted by Gasteiger charge is 2.01. The predicted octanol–water partition coefficient (Wildman–Crippen LogP) is 1.99. The summed E-state index contributed by atoms with van der Waals surface area (Å²) in [5, 5.41) is 11.2. The van der Waals surface area contributed by atoms with E-state index in [1.807, 2.05) is 30.3 Å². The van der Waals surface area contributed by atoms with Crippen molar-refractivity contribution in [2.75, 3.05) is 6.54 Å². The maximum atomic E-state index is 11.6. The molecule has 5 heteroatoms. The number of benzene rings is 2. The van der Waals surface area contributed by atoms with E-state index in [9.17, 15) is 9.59 Å². The van der Waals surface area contributed by atoms with E-state index >= 15 is 0 Å². The van der Waals surface area contributed by atoms with Crippen LogP contribution in [0, 0.1) is 11.8 Å². The number of nitrogens with one attached hydrogen (secondary N) is 2. The molecule has 0 spiro atoms. The molecule has 0 bridgehead atoms. The van der Waals surface area contributed by atoms with Gasteiger partial charge in [-0.2, -0.15) is 0 Å². The molecule has 0 aliphatic heterocycles. The molecule has 120 valence electrons. The minimum absolute atomic E-state index is 0.219. The number of hydrogen-bond donors (Lipinski definition) is 3. The van der Waals surface area contributed by atoms with Gasteiger partial charge in [0.05, 0.1) is 6.54 Å². The number of carbonyl (C=O) groups is 2. The third-order valence-electron chi connectivity index (χ3n) is 3.06. The smallest absolute Gasteiger partial charge is 0.274 e. The quantitative estimate of drug-likeness (QED) is 0.349. The van der Waals surface area contributed by atoms with Gasteiger partial charge in [0.1, 0.15) is 0 Å². The van der Waals surface area contributed by atoms with Gasteiger partial charge < -0.3 is 5.32 Å². The molecule has 3 N–H and O–H groups in total. The van der Waals surface area contributed by atoms with Crippen LogP contribution in [0.15, 0.2) is 60.7 Å². The van der Waals surface area contributed by atoms with E-state index in [-0.39, 0.29) is 12.5 Å². The van der Waals surface area contributed by atoms with Gasteiger partial charge in [0, 0.05) is 17.2 Å². The van der Waals surface area contributed by atoms with E-state index in [1.165, 1.54) is 6.08 Å². The van der Waals surface area contributed by atoms with E-state index in [1.54, 1.807) is 35.8 Å². The zero-order valence-electron chi connectivity index (χ0n) is 12.8. The monoisotopic (exact) mass is 320 g/mol. The molecule has 2 rings (SSSR count). The van der Waals surface area contributed by atoms with Crippen molar-refractivity contribution in [1.82, 2.24) is 10.8 Å². The Hall–Kier alpha value is -3.36. The molecule has 0 unspecified atom stereocenters. The Morgan fingerprint density at radius 2 is 1.75 bits per heavy atom. The summed E-state index contributed by atoms with van der Waals surface area (Å²) in [5.74, 6) is 4.91. The molecule has 2 amide bonds. The van der Waals surface area contributed by atoms with Crippen molar-refractivity contribution in [3.63, 3.8) is 0 Å². The first-order valence-electron chi connectivity index (χ1n) is 7.23. The first-order chi connectivity index (χ1) is 11.7. The minimum Gasteiger partial charge on any atom is -0.342 e. The second-order valence-corrected chi connectivity index (χ2v) is 4.78. The Balaban J connectivity index is 1.82.